The first-order chi connectivity index (χ1) is 8.58. The molecule has 0 bridgehead atoms. The zero-order valence-corrected chi connectivity index (χ0v) is 11.9. The summed E-state index contributed by atoms with van der Waals surface area (Å²) in [7, 11) is 0. The second-order valence-corrected chi connectivity index (χ2v) is 6.76. The van der Waals surface area contributed by atoms with Crippen LogP contribution < -0.4 is 10.6 Å². The Bertz CT molecular complexity index is 333. The van der Waals surface area contributed by atoms with Crippen LogP contribution in [0.3, 0.4) is 0 Å². The van der Waals surface area contributed by atoms with Gasteiger partial charge in [-0.3, -0.25) is 4.79 Å². The van der Waals surface area contributed by atoms with Gasteiger partial charge in [0.15, 0.2) is 0 Å². The Kier molecular flexibility index (Phi) is 4.54. The number of hydrogen-bond acceptors (Lipinski definition) is 3. The molecule has 2 aliphatic rings. The Balaban J connectivity index is 1.66. The number of thioether (sulfide) groups is 1. The van der Waals surface area contributed by atoms with Crippen LogP contribution in [0.2, 0.25) is 0 Å². The number of hydrogen-bond donors (Lipinski definition) is 2. The Morgan fingerprint density at radius 1 is 1.39 bits per heavy atom. The molecule has 2 N–H and O–H groups in total. The zero-order valence-electron chi connectivity index (χ0n) is 11.1. The molecule has 102 valence electrons. The van der Waals surface area contributed by atoms with E-state index in [0.717, 1.165) is 25.0 Å². The number of nitrogens with one attached hydrogen (secondary N) is 2. The van der Waals surface area contributed by atoms with Gasteiger partial charge < -0.3 is 10.6 Å². The molecule has 0 aromatic carbocycles. The molecule has 3 atom stereocenters. The van der Waals surface area contributed by atoms with Crippen molar-refractivity contribution in [2.24, 2.45) is 5.92 Å². The second-order valence-electron chi connectivity index (χ2n) is 5.49. The third-order valence-corrected chi connectivity index (χ3v) is 5.25. The molecule has 0 aromatic rings. The lowest BCUT2D eigenvalue weighted by atomic mass is 10.00. The molecular weight excluding hydrogens is 248 g/mol. The molecule has 5 heteroatoms. The second kappa shape index (κ2) is 5.95. The fraction of sp³-hybridized carbons (Fsp3) is 0.846. The number of amides is 2. The van der Waals surface area contributed by atoms with Crippen molar-refractivity contribution in [2.75, 3.05) is 5.75 Å². The normalized spacial score (nSPS) is 30.2. The van der Waals surface area contributed by atoms with Gasteiger partial charge in [-0.15, -0.1) is 0 Å². The Morgan fingerprint density at radius 2 is 2.17 bits per heavy atom. The van der Waals surface area contributed by atoms with E-state index in [0.29, 0.717) is 29.5 Å². The van der Waals surface area contributed by atoms with Gasteiger partial charge in [-0.05, 0) is 12.8 Å². The third-order valence-electron chi connectivity index (χ3n) is 3.74. The summed E-state index contributed by atoms with van der Waals surface area (Å²) in [5, 5.41) is 6.46. The van der Waals surface area contributed by atoms with Gasteiger partial charge in [-0.25, -0.2) is 4.79 Å². The van der Waals surface area contributed by atoms with Gasteiger partial charge in [-0.2, -0.15) is 11.8 Å². The van der Waals surface area contributed by atoms with Gasteiger partial charge in [0.1, 0.15) is 5.78 Å². The smallest absolute Gasteiger partial charge is 0.315 e. The maximum absolute atomic E-state index is 11.5. The number of carbonyl (C=O) groups is 2. The largest absolute Gasteiger partial charge is 0.332 e. The minimum Gasteiger partial charge on any atom is -0.332 e. The number of rotatable bonds is 6. The van der Waals surface area contributed by atoms with Gasteiger partial charge in [0, 0.05) is 23.3 Å². The molecule has 0 aromatic heterocycles. The number of fused-ring (bicyclic) bond motifs is 1. The predicted octanol–water partition coefficient (Wildman–Crippen LogP) is 1.94. The van der Waals surface area contributed by atoms with E-state index in [4.69, 9.17) is 0 Å². The zero-order chi connectivity index (χ0) is 13.1. The molecule has 2 rings (SSSR count). The molecule has 4 nitrogen and oxygen atoms in total. The van der Waals surface area contributed by atoms with E-state index in [1.54, 1.807) is 0 Å². The van der Waals surface area contributed by atoms with Crippen LogP contribution in [0.5, 0.6) is 0 Å². The molecule has 0 saturated carbocycles. The fourth-order valence-corrected chi connectivity index (χ4v) is 4.12. The minimum atomic E-state index is -0.0229. The van der Waals surface area contributed by atoms with E-state index < -0.39 is 0 Å². The quantitative estimate of drug-likeness (QED) is 0.573. The van der Waals surface area contributed by atoms with Crippen LogP contribution in [0.4, 0.5) is 4.79 Å². The Labute approximate surface area is 113 Å². The van der Waals surface area contributed by atoms with Crippen LogP contribution in [0.25, 0.3) is 0 Å². The first-order valence-corrected chi connectivity index (χ1v) is 7.84. The summed E-state index contributed by atoms with van der Waals surface area (Å²) in [6.45, 7) is 3.92. The highest BCUT2D eigenvalue weighted by molar-refractivity contribution is 8.00. The molecule has 2 aliphatic heterocycles. The number of ketones is 1. The van der Waals surface area contributed by atoms with E-state index >= 15 is 0 Å². The summed E-state index contributed by atoms with van der Waals surface area (Å²) in [6, 6.07) is 0.582. The average molecular weight is 270 g/mol. The number of carbonyl (C=O) groups excluding carboxylic acids is 2. The summed E-state index contributed by atoms with van der Waals surface area (Å²) in [5.74, 6) is 1.54. The van der Waals surface area contributed by atoms with Crippen LogP contribution >= 0.6 is 11.8 Å². The Morgan fingerprint density at radius 3 is 2.89 bits per heavy atom. The SMILES string of the molecule is CC(C)C(=O)CCCCC1SC[C@H]2NC(=O)N[C@@H]12. The summed E-state index contributed by atoms with van der Waals surface area (Å²) >= 11 is 1.94. The summed E-state index contributed by atoms with van der Waals surface area (Å²) < 4.78 is 0. The number of urea groups is 1. The van der Waals surface area contributed by atoms with Crippen molar-refractivity contribution in [1.82, 2.24) is 10.6 Å². The highest BCUT2D eigenvalue weighted by atomic mass is 32.2. The fourth-order valence-electron chi connectivity index (χ4n) is 2.58. The van der Waals surface area contributed by atoms with Gasteiger partial charge in [0.2, 0.25) is 0 Å². The van der Waals surface area contributed by atoms with Gasteiger partial charge in [0.05, 0.1) is 12.1 Å². The molecule has 1 unspecified atom stereocenters. The van der Waals surface area contributed by atoms with Crippen LogP contribution in [0, 0.1) is 5.92 Å². The van der Waals surface area contributed by atoms with Gasteiger partial charge in [0.25, 0.3) is 0 Å². The molecule has 2 saturated heterocycles. The lowest BCUT2D eigenvalue weighted by Crippen LogP contribution is -2.36. The maximum atomic E-state index is 11.5. The molecule has 2 heterocycles. The monoisotopic (exact) mass is 270 g/mol. The van der Waals surface area contributed by atoms with Gasteiger partial charge in [-0.1, -0.05) is 20.3 Å². The lowest BCUT2D eigenvalue weighted by Gasteiger charge is -2.16. The van der Waals surface area contributed by atoms with Crippen LogP contribution in [0.1, 0.15) is 39.5 Å². The third kappa shape index (κ3) is 3.19. The van der Waals surface area contributed by atoms with Crippen molar-refractivity contribution in [2.45, 2.75) is 56.9 Å². The highest BCUT2D eigenvalue weighted by Crippen LogP contribution is 2.33. The van der Waals surface area contributed by atoms with Crippen molar-refractivity contribution in [1.29, 1.82) is 0 Å². The molecule has 0 aliphatic carbocycles. The summed E-state index contributed by atoms with van der Waals surface area (Å²) in [6.07, 6.45) is 3.86. The van der Waals surface area contributed by atoms with Crippen LogP contribution in [0.15, 0.2) is 0 Å². The average Bonchev–Trinajstić information content (AvgIpc) is 2.84. The predicted molar refractivity (Wildman–Crippen MR) is 73.8 cm³/mol. The standard InChI is InChI=1S/C13H22N2O2S/c1-8(2)10(16)5-3-4-6-11-12-9(7-18-11)14-13(17)15-12/h8-9,11-12H,3-7H2,1-2H3,(H2,14,15,17)/t9-,11?,12-/m1/s1. The van der Waals surface area contributed by atoms with E-state index in [1.165, 1.54) is 0 Å². The van der Waals surface area contributed by atoms with E-state index in [9.17, 15) is 9.59 Å². The Hall–Kier alpha value is -0.710. The van der Waals surface area contributed by atoms with Crippen LogP contribution in [-0.4, -0.2) is 34.9 Å². The van der Waals surface area contributed by atoms with Crippen molar-refractivity contribution >= 4 is 23.6 Å². The molecule has 0 spiro atoms. The van der Waals surface area contributed by atoms with E-state index in [-0.39, 0.29) is 11.9 Å². The molecule has 0 radical (unpaired) electrons. The topological polar surface area (TPSA) is 58.2 Å². The molecule has 2 fully saturated rings. The lowest BCUT2D eigenvalue weighted by molar-refractivity contribution is -0.122. The molecule has 18 heavy (non-hydrogen) atoms. The number of unbranched alkanes of at least 4 members (excludes halogenated alkanes) is 1. The summed E-state index contributed by atoms with van der Waals surface area (Å²) in [4.78, 5) is 22.7. The molecule has 2 amide bonds. The van der Waals surface area contributed by atoms with E-state index in [2.05, 4.69) is 10.6 Å². The van der Waals surface area contributed by atoms with E-state index in [1.807, 2.05) is 25.6 Å². The van der Waals surface area contributed by atoms with Crippen LogP contribution in [-0.2, 0) is 4.79 Å². The maximum Gasteiger partial charge on any atom is 0.315 e. The first-order valence-electron chi connectivity index (χ1n) is 6.79. The summed E-state index contributed by atoms with van der Waals surface area (Å²) in [5.41, 5.74) is 0. The first kappa shape index (κ1) is 13.7. The van der Waals surface area contributed by atoms with Crippen molar-refractivity contribution < 1.29 is 9.59 Å². The van der Waals surface area contributed by atoms with Crippen molar-refractivity contribution in [3.8, 4) is 0 Å². The van der Waals surface area contributed by atoms with Crippen molar-refractivity contribution in [3.05, 3.63) is 0 Å². The van der Waals surface area contributed by atoms with Gasteiger partial charge >= 0.3 is 6.03 Å². The molecular formula is C13H22N2O2S. The highest BCUT2D eigenvalue weighted by Gasteiger charge is 2.42. The van der Waals surface area contributed by atoms with Crippen molar-refractivity contribution in [3.63, 3.8) is 0 Å². The minimum absolute atomic E-state index is 0.0229. The number of Topliss-reactive ketones (excluding diaryl/α,β-unsaturated/α-hetero) is 1.